The van der Waals surface area contributed by atoms with Crippen LogP contribution < -0.4 is 0 Å². The van der Waals surface area contributed by atoms with Crippen molar-refractivity contribution in [1.82, 2.24) is 4.90 Å². The fraction of sp³-hybridized carbons (Fsp3) is 0.500. The lowest BCUT2D eigenvalue weighted by atomic mass is 10.1. The Balaban J connectivity index is 2.08. The van der Waals surface area contributed by atoms with Crippen molar-refractivity contribution < 1.29 is 18.7 Å². The van der Waals surface area contributed by atoms with Crippen LogP contribution in [0.2, 0.25) is 0 Å². The molecule has 1 aliphatic carbocycles. The van der Waals surface area contributed by atoms with Crippen molar-refractivity contribution in [2.75, 3.05) is 13.2 Å². The lowest BCUT2D eigenvalue weighted by Gasteiger charge is -2.25. The zero-order valence-electron chi connectivity index (χ0n) is 12.3. The summed E-state index contributed by atoms with van der Waals surface area (Å²) < 4.78 is 18.2. The second kappa shape index (κ2) is 6.70. The molecule has 0 N–H and O–H groups in total. The van der Waals surface area contributed by atoms with Crippen molar-refractivity contribution >= 4 is 11.9 Å². The molecule has 0 radical (unpaired) electrons. The number of amides is 1. The van der Waals surface area contributed by atoms with Crippen molar-refractivity contribution in [3.05, 3.63) is 35.6 Å². The van der Waals surface area contributed by atoms with Crippen molar-refractivity contribution in [1.29, 1.82) is 0 Å². The van der Waals surface area contributed by atoms with Crippen molar-refractivity contribution in [2.45, 2.75) is 32.7 Å². The van der Waals surface area contributed by atoms with E-state index in [4.69, 9.17) is 4.74 Å². The number of hydrogen-bond acceptors (Lipinski definition) is 3. The molecule has 1 aromatic rings. The first-order valence-electron chi connectivity index (χ1n) is 7.26. The Morgan fingerprint density at radius 2 is 2.14 bits per heavy atom. The summed E-state index contributed by atoms with van der Waals surface area (Å²) in [6.07, 6.45) is 1.85. The van der Waals surface area contributed by atoms with Gasteiger partial charge in [-0.25, -0.2) is 4.39 Å². The van der Waals surface area contributed by atoms with Gasteiger partial charge in [0.15, 0.2) is 0 Å². The summed E-state index contributed by atoms with van der Waals surface area (Å²) in [5.74, 6) is -1.36. The minimum Gasteiger partial charge on any atom is -0.466 e. The van der Waals surface area contributed by atoms with Gasteiger partial charge in [0.2, 0.25) is 0 Å². The highest BCUT2D eigenvalue weighted by Crippen LogP contribution is 2.29. The van der Waals surface area contributed by atoms with Crippen molar-refractivity contribution in [3.63, 3.8) is 0 Å². The summed E-state index contributed by atoms with van der Waals surface area (Å²) in [4.78, 5) is 25.9. The normalized spacial score (nSPS) is 15.4. The van der Waals surface area contributed by atoms with E-state index in [1.807, 2.05) is 0 Å². The van der Waals surface area contributed by atoms with Crippen LogP contribution in [0.15, 0.2) is 24.3 Å². The number of rotatable bonds is 6. The molecule has 0 spiro atoms. The van der Waals surface area contributed by atoms with Gasteiger partial charge in [-0.3, -0.25) is 9.59 Å². The second-order valence-corrected chi connectivity index (χ2v) is 5.35. The van der Waals surface area contributed by atoms with E-state index in [9.17, 15) is 14.0 Å². The van der Waals surface area contributed by atoms with Gasteiger partial charge in [0, 0.05) is 18.2 Å². The Kier molecular flexibility index (Phi) is 4.94. The fourth-order valence-corrected chi connectivity index (χ4v) is 2.23. The molecular weight excluding hydrogens is 273 g/mol. The summed E-state index contributed by atoms with van der Waals surface area (Å²) in [7, 11) is 0. The maximum absolute atomic E-state index is 13.3. The molecule has 0 heterocycles. The number of carbonyl (C=O) groups excluding carboxylic acids is 2. The van der Waals surface area contributed by atoms with Crippen LogP contribution >= 0.6 is 0 Å². The third-order valence-corrected chi connectivity index (χ3v) is 3.48. The minimum atomic E-state index is -0.435. The van der Waals surface area contributed by atoms with E-state index >= 15 is 0 Å². The highest BCUT2D eigenvalue weighted by Gasteiger charge is 2.35. The van der Waals surface area contributed by atoms with E-state index in [1.165, 1.54) is 18.2 Å². The molecule has 1 unspecified atom stereocenters. The van der Waals surface area contributed by atoms with Crippen LogP contribution in [0.3, 0.4) is 0 Å². The van der Waals surface area contributed by atoms with Crippen LogP contribution in [-0.4, -0.2) is 36.0 Å². The van der Waals surface area contributed by atoms with Gasteiger partial charge in [0.25, 0.3) is 5.91 Å². The number of benzene rings is 1. The molecule has 21 heavy (non-hydrogen) atoms. The van der Waals surface area contributed by atoms with Crippen LogP contribution in [0.5, 0.6) is 0 Å². The van der Waals surface area contributed by atoms with Gasteiger partial charge in [-0.15, -0.1) is 0 Å². The lowest BCUT2D eigenvalue weighted by Crippen LogP contribution is -2.39. The van der Waals surface area contributed by atoms with E-state index < -0.39 is 5.82 Å². The minimum absolute atomic E-state index is 0.151. The second-order valence-electron chi connectivity index (χ2n) is 5.35. The molecule has 1 saturated carbocycles. The van der Waals surface area contributed by atoms with Crippen molar-refractivity contribution in [3.8, 4) is 0 Å². The van der Waals surface area contributed by atoms with Crippen LogP contribution in [-0.2, 0) is 9.53 Å². The Labute approximate surface area is 123 Å². The smallest absolute Gasteiger partial charge is 0.310 e. The molecule has 4 nitrogen and oxygen atoms in total. The predicted molar refractivity (Wildman–Crippen MR) is 76.3 cm³/mol. The molecular formula is C16H20FNO3. The number of nitrogens with zero attached hydrogens (tertiary/aromatic N) is 1. The first-order valence-corrected chi connectivity index (χ1v) is 7.26. The van der Waals surface area contributed by atoms with Crippen LogP contribution in [0.1, 0.15) is 37.0 Å². The number of hydrogen-bond donors (Lipinski definition) is 0. The SMILES string of the molecule is CCOC(=O)C(C)CN(C(=O)c1cccc(F)c1)C1CC1. The van der Waals surface area contributed by atoms with E-state index in [-0.39, 0.29) is 23.8 Å². The molecule has 1 atom stereocenters. The predicted octanol–water partition coefficient (Wildman–Crippen LogP) is 2.63. The zero-order chi connectivity index (χ0) is 15.4. The van der Waals surface area contributed by atoms with Gasteiger partial charge in [-0.05, 0) is 38.0 Å². The lowest BCUT2D eigenvalue weighted by molar-refractivity contribution is -0.147. The van der Waals surface area contributed by atoms with Gasteiger partial charge in [0.1, 0.15) is 5.82 Å². The Hall–Kier alpha value is -1.91. The van der Waals surface area contributed by atoms with Gasteiger partial charge in [-0.1, -0.05) is 13.0 Å². The number of esters is 1. The molecule has 1 amide bonds. The molecule has 0 saturated heterocycles. The van der Waals surface area contributed by atoms with Crippen LogP contribution in [0.25, 0.3) is 0 Å². The first-order chi connectivity index (χ1) is 10.0. The molecule has 1 aromatic carbocycles. The van der Waals surface area contributed by atoms with Crippen molar-refractivity contribution in [2.24, 2.45) is 5.92 Å². The molecule has 114 valence electrons. The average Bonchev–Trinajstić information content (AvgIpc) is 3.28. The third-order valence-electron chi connectivity index (χ3n) is 3.48. The van der Waals surface area contributed by atoms with Crippen LogP contribution in [0, 0.1) is 11.7 Å². The Bertz CT molecular complexity index is 528. The molecule has 5 heteroatoms. The summed E-state index contributed by atoms with van der Waals surface area (Å²) in [5, 5.41) is 0. The van der Waals surface area contributed by atoms with Gasteiger partial charge in [0.05, 0.1) is 12.5 Å². The van der Waals surface area contributed by atoms with E-state index in [0.29, 0.717) is 18.7 Å². The summed E-state index contributed by atoms with van der Waals surface area (Å²) in [5.41, 5.74) is 0.318. The third kappa shape index (κ3) is 4.03. The molecule has 1 fully saturated rings. The zero-order valence-corrected chi connectivity index (χ0v) is 12.3. The molecule has 0 aliphatic heterocycles. The molecule has 1 aliphatic rings. The van der Waals surface area contributed by atoms with E-state index in [1.54, 1.807) is 24.8 Å². The monoisotopic (exact) mass is 293 g/mol. The fourth-order valence-electron chi connectivity index (χ4n) is 2.23. The Morgan fingerprint density at radius 3 is 2.71 bits per heavy atom. The van der Waals surface area contributed by atoms with E-state index in [0.717, 1.165) is 12.8 Å². The highest BCUT2D eigenvalue weighted by molar-refractivity contribution is 5.94. The maximum atomic E-state index is 13.3. The molecule has 2 rings (SSSR count). The highest BCUT2D eigenvalue weighted by atomic mass is 19.1. The quantitative estimate of drug-likeness (QED) is 0.757. The van der Waals surface area contributed by atoms with Crippen LogP contribution in [0.4, 0.5) is 4.39 Å². The Morgan fingerprint density at radius 1 is 1.43 bits per heavy atom. The summed E-state index contributed by atoms with van der Waals surface area (Å²) in [6, 6.07) is 5.79. The topological polar surface area (TPSA) is 46.6 Å². The molecule has 0 aromatic heterocycles. The largest absolute Gasteiger partial charge is 0.466 e. The number of carbonyl (C=O) groups is 2. The van der Waals surface area contributed by atoms with E-state index in [2.05, 4.69) is 0 Å². The summed E-state index contributed by atoms with van der Waals surface area (Å²) >= 11 is 0. The first kappa shape index (κ1) is 15.5. The standard InChI is InChI=1S/C16H20FNO3/c1-3-21-16(20)11(2)10-18(14-7-8-14)15(19)12-5-4-6-13(17)9-12/h4-6,9,11,14H,3,7-8,10H2,1-2H3. The van der Waals surface area contributed by atoms with Gasteiger partial charge >= 0.3 is 5.97 Å². The van der Waals surface area contributed by atoms with Gasteiger partial charge in [-0.2, -0.15) is 0 Å². The van der Waals surface area contributed by atoms with Gasteiger partial charge < -0.3 is 9.64 Å². The maximum Gasteiger partial charge on any atom is 0.310 e. The summed E-state index contributed by atoms with van der Waals surface area (Å²) in [6.45, 7) is 4.12. The number of ether oxygens (including phenoxy) is 1. The molecule has 0 bridgehead atoms. The number of halogens is 1. The average molecular weight is 293 g/mol.